The van der Waals surface area contributed by atoms with Gasteiger partial charge in [-0.15, -0.1) is 0 Å². The zero-order valence-corrected chi connectivity index (χ0v) is 46.6. The summed E-state index contributed by atoms with van der Waals surface area (Å²) in [5.74, 6) is 2.36. The first-order chi connectivity index (χ1) is 38.6. The summed E-state index contributed by atoms with van der Waals surface area (Å²) in [6.45, 7) is 9.71. The van der Waals surface area contributed by atoms with Crippen LogP contribution < -0.4 is 9.64 Å². The maximum atomic E-state index is 7.00. The number of benzene rings is 10. The average Bonchev–Trinajstić information content (AvgIpc) is 4.11. The Hall–Kier alpha value is -9.09. The molecule has 0 saturated heterocycles. The van der Waals surface area contributed by atoms with E-state index in [0.29, 0.717) is 6.54 Å². The van der Waals surface area contributed by atoms with E-state index in [2.05, 4.69) is 308 Å². The Morgan fingerprint density at radius 3 is 1.58 bits per heavy atom. The predicted molar refractivity (Wildman–Crippen MR) is 322 cm³/mol. The summed E-state index contributed by atoms with van der Waals surface area (Å²) in [6, 6.07) is 87.3. The number of hydrogen-bond donors (Lipinski definition) is 0. The third kappa shape index (κ3) is 8.46. The van der Waals surface area contributed by atoms with Crippen LogP contribution >= 0.6 is 0 Å². The van der Waals surface area contributed by atoms with Crippen molar-refractivity contribution < 1.29 is 24.1 Å². The number of aromatic nitrogens is 4. The van der Waals surface area contributed by atoms with Crippen LogP contribution in [-0.4, -0.2) is 18.7 Å². The van der Waals surface area contributed by atoms with Crippen molar-refractivity contribution in [2.75, 3.05) is 4.90 Å². The van der Waals surface area contributed by atoms with Crippen molar-refractivity contribution in [3.63, 3.8) is 0 Å². The molecule has 0 N–H and O–H groups in total. The van der Waals surface area contributed by atoms with Crippen molar-refractivity contribution in [3.8, 4) is 73.1 Å². The maximum absolute atomic E-state index is 7.00. The number of para-hydroxylation sites is 4. The second-order valence-electron chi connectivity index (χ2n) is 21.6. The van der Waals surface area contributed by atoms with Gasteiger partial charge < -0.3 is 4.57 Å². The molecule has 0 atom stereocenters. The van der Waals surface area contributed by atoms with Gasteiger partial charge in [-0.05, 0) is 42.3 Å². The van der Waals surface area contributed by atoms with E-state index >= 15 is 0 Å². The molecule has 79 heavy (non-hydrogen) atoms. The van der Waals surface area contributed by atoms with E-state index in [1.165, 1.54) is 60.8 Å². The Balaban J connectivity index is 0.884. The molecule has 6 nitrogen and oxygen atoms in total. The Morgan fingerprint density at radius 2 is 0.975 bits per heavy atom. The fourth-order valence-corrected chi connectivity index (χ4v) is 12.9. The molecule has 10 aromatic carbocycles. The van der Waals surface area contributed by atoms with E-state index in [4.69, 9.17) is 9.72 Å². The molecule has 13 aromatic rings. The normalized spacial score (nSPS) is 12.3. The van der Waals surface area contributed by atoms with E-state index in [1.807, 2.05) is 6.20 Å². The van der Waals surface area contributed by atoms with Crippen molar-refractivity contribution in [3.05, 3.63) is 269 Å². The van der Waals surface area contributed by atoms with Gasteiger partial charge >= 0.3 is 321 Å². The topological polar surface area (TPSA) is 40.1 Å². The van der Waals surface area contributed by atoms with Crippen molar-refractivity contribution in [2.24, 2.45) is 0 Å². The van der Waals surface area contributed by atoms with Gasteiger partial charge in [0.25, 0.3) is 0 Å². The number of hydrogen-bond acceptors (Lipinski definition) is 3. The molecule has 0 unspecified atom stereocenters. The number of pyridine rings is 1. The van der Waals surface area contributed by atoms with Gasteiger partial charge in [0.2, 0.25) is 0 Å². The second kappa shape index (κ2) is 19.4. The van der Waals surface area contributed by atoms with Gasteiger partial charge in [-0.1, -0.05) is 66.7 Å². The smallest absolute Gasteiger partial charge is 0.0622 e. The van der Waals surface area contributed by atoms with Crippen LogP contribution in [0.4, 0.5) is 11.5 Å². The van der Waals surface area contributed by atoms with Crippen molar-refractivity contribution >= 4 is 44.3 Å². The van der Waals surface area contributed by atoms with E-state index in [0.717, 1.165) is 77.2 Å². The molecule has 0 spiro atoms. The van der Waals surface area contributed by atoms with Gasteiger partial charge in [-0.3, -0.25) is 0 Å². The Kier molecular flexibility index (Phi) is 11.9. The minimum Gasteiger partial charge on any atom is -0.0622 e. The Morgan fingerprint density at radius 1 is 0.443 bits per heavy atom. The number of anilines is 2. The standard InChI is InChI=1S/C72H55N5O.Pt/c1-48-39-70(73-45-64(48)51-25-12-7-13-26-51)74-46-52-40-55(77-65-31-16-14-29-59(65)60-30-15-17-32-66(60)77)35-37-58(52)61-38-36-57(44-69(61)74)78-56-28-20-27-54(43-56)75-47-76(68-34-19-18-33-67(68)75)71-62(49-21-8-5-9-22-49)41-53(72(2,3)4)42-63(71)50-23-10-6-11-24-50;/h5-45H,46H2,1-4H3;. The summed E-state index contributed by atoms with van der Waals surface area (Å²) in [6.07, 6.45) is 2.03. The van der Waals surface area contributed by atoms with E-state index in [-0.39, 0.29) is 5.41 Å². The van der Waals surface area contributed by atoms with E-state index in [9.17, 15) is 0 Å². The SMILES string of the molecule is Cc1cc(N2Cc3cc(-n4c5ccccc5c5ccccc54)ccc3-c3ccc(Oc4cccc(-n5[c](=[Pt])n(-c6c(-c7ccccc7)cc(C(C)(C)C)cc6-c6ccccc6)c6ccccc65)c4)cc32)ncc1-c1ccccc1. The summed E-state index contributed by atoms with van der Waals surface area (Å²) in [5, 5.41) is 2.49. The molecule has 0 bridgehead atoms. The van der Waals surface area contributed by atoms with Gasteiger partial charge in [-0.2, -0.15) is 0 Å². The molecule has 7 heteroatoms. The van der Waals surface area contributed by atoms with Gasteiger partial charge in [0.15, 0.2) is 0 Å². The summed E-state index contributed by atoms with van der Waals surface area (Å²) in [4.78, 5) is 7.57. The first-order valence-corrected chi connectivity index (χ1v) is 28.1. The minimum atomic E-state index is -0.0812. The van der Waals surface area contributed by atoms with Crippen molar-refractivity contribution in [1.29, 1.82) is 0 Å². The number of nitrogens with zero attached hydrogens (tertiary/aromatic N) is 5. The van der Waals surface area contributed by atoms with Crippen LogP contribution in [0, 0.1) is 10.7 Å². The monoisotopic (exact) mass is 1200 g/mol. The molecule has 1 aliphatic heterocycles. The quantitative estimate of drug-likeness (QED) is 0.145. The minimum absolute atomic E-state index is 0.0812. The summed E-state index contributed by atoms with van der Waals surface area (Å²) in [5.41, 5.74) is 21.8. The number of rotatable bonds is 9. The average molecular weight is 1200 g/mol. The molecule has 0 radical (unpaired) electrons. The van der Waals surface area contributed by atoms with Gasteiger partial charge in [0.1, 0.15) is 0 Å². The Bertz CT molecular complexity index is 4450. The first-order valence-electron chi connectivity index (χ1n) is 27.0. The molecule has 0 saturated carbocycles. The molecule has 3 aromatic heterocycles. The zero-order chi connectivity index (χ0) is 53.4. The van der Waals surface area contributed by atoms with Gasteiger partial charge in [0, 0.05) is 28.2 Å². The van der Waals surface area contributed by atoms with Crippen LogP contribution in [0.25, 0.3) is 94.4 Å². The van der Waals surface area contributed by atoms with Crippen LogP contribution in [0.15, 0.2) is 249 Å². The van der Waals surface area contributed by atoms with Crippen LogP contribution in [-0.2, 0) is 31.3 Å². The van der Waals surface area contributed by atoms with Crippen LogP contribution in [0.5, 0.6) is 11.5 Å². The van der Waals surface area contributed by atoms with Crippen molar-refractivity contribution in [1.82, 2.24) is 18.7 Å². The molecule has 384 valence electrons. The molecule has 0 aliphatic carbocycles. The molecule has 4 heterocycles. The fourth-order valence-electron chi connectivity index (χ4n) is 11.8. The summed E-state index contributed by atoms with van der Waals surface area (Å²) >= 11 is 2.53. The molecular weight excluding hydrogens is 1150 g/mol. The third-order valence-electron chi connectivity index (χ3n) is 15.6. The Labute approximate surface area is 471 Å². The molecule has 0 fully saturated rings. The van der Waals surface area contributed by atoms with E-state index in [1.54, 1.807) is 0 Å². The van der Waals surface area contributed by atoms with E-state index < -0.39 is 0 Å². The zero-order valence-electron chi connectivity index (χ0n) is 44.3. The molecule has 14 rings (SSSR count). The number of fused-ring (bicyclic) bond motifs is 7. The number of ether oxygens (including phenoxy) is 1. The number of imidazole rings is 1. The van der Waals surface area contributed by atoms with Crippen molar-refractivity contribution in [2.45, 2.75) is 39.7 Å². The fraction of sp³-hybridized carbons (Fsp3) is 0.0833. The molecule has 0 amide bonds. The summed E-state index contributed by atoms with van der Waals surface area (Å²) in [7, 11) is 0. The van der Waals surface area contributed by atoms with Crippen LogP contribution in [0.1, 0.15) is 37.5 Å². The first kappa shape index (κ1) is 48.3. The second-order valence-corrected chi connectivity index (χ2v) is 22.6. The van der Waals surface area contributed by atoms with Crippen LogP contribution in [0.3, 0.4) is 0 Å². The summed E-state index contributed by atoms with van der Waals surface area (Å²) < 4.78 is 15.3. The van der Waals surface area contributed by atoms with Gasteiger partial charge in [0.05, 0.1) is 11.0 Å². The van der Waals surface area contributed by atoms with Crippen LogP contribution in [0.2, 0.25) is 0 Å². The molecule has 1 aliphatic rings. The number of aryl methyl sites for hydroxylation is 1. The predicted octanol–water partition coefficient (Wildman–Crippen LogP) is 18.7. The molecular formula is C72H55N5OPt. The van der Waals surface area contributed by atoms with Gasteiger partial charge in [-0.25, -0.2) is 0 Å². The third-order valence-corrected chi connectivity index (χ3v) is 16.7.